The number of carboxylic acid groups (broad SMARTS) is 1. The molecule has 2 N–H and O–H groups in total. The van der Waals surface area contributed by atoms with Gasteiger partial charge in [-0.05, 0) is 29.4 Å². The van der Waals surface area contributed by atoms with Crippen LogP contribution in [0, 0.1) is 0 Å². The van der Waals surface area contributed by atoms with Crippen LogP contribution in [0.5, 0.6) is 0 Å². The molecule has 1 aromatic rings. The molecule has 0 saturated carbocycles. The van der Waals surface area contributed by atoms with Crippen molar-refractivity contribution in [1.29, 1.82) is 0 Å². The molecular weight excluding hydrogens is 266 g/mol. The number of benzene rings is 1. The van der Waals surface area contributed by atoms with Gasteiger partial charge in [-0.25, -0.2) is 0 Å². The number of amides is 1. The summed E-state index contributed by atoms with van der Waals surface area (Å²) in [6.45, 7) is 6.75. The minimum Gasteiger partial charge on any atom is -0.481 e. The molecule has 0 bridgehead atoms. The summed E-state index contributed by atoms with van der Waals surface area (Å²) in [6, 6.07) is 8.51. The highest BCUT2D eigenvalue weighted by Crippen LogP contribution is 2.22. The Hall–Kier alpha value is -1.84. The minimum atomic E-state index is -0.894. The first-order valence-electron chi connectivity index (χ1n) is 7.37. The highest BCUT2D eigenvalue weighted by atomic mass is 16.4. The number of nitrogens with one attached hydrogen (secondary N) is 1. The highest BCUT2D eigenvalue weighted by molar-refractivity contribution is 5.76. The Labute approximate surface area is 126 Å². The summed E-state index contributed by atoms with van der Waals surface area (Å²) in [5.41, 5.74) is 2.68. The van der Waals surface area contributed by atoms with Crippen LogP contribution in [-0.4, -0.2) is 23.5 Å². The van der Waals surface area contributed by atoms with Crippen molar-refractivity contribution in [2.24, 2.45) is 0 Å². The molecule has 0 heterocycles. The van der Waals surface area contributed by atoms with E-state index in [-0.39, 0.29) is 24.3 Å². The van der Waals surface area contributed by atoms with Crippen LogP contribution in [0.15, 0.2) is 24.3 Å². The molecule has 0 saturated heterocycles. The number of carbonyl (C=O) groups is 2. The second-order valence-electron chi connectivity index (χ2n) is 6.29. The zero-order chi connectivity index (χ0) is 15.9. The van der Waals surface area contributed by atoms with Gasteiger partial charge in [-0.3, -0.25) is 9.59 Å². The van der Waals surface area contributed by atoms with Crippen LogP contribution in [0.25, 0.3) is 0 Å². The fourth-order valence-corrected chi connectivity index (χ4v) is 2.02. The van der Waals surface area contributed by atoms with Gasteiger partial charge in [0.1, 0.15) is 0 Å². The first-order valence-corrected chi connectivity index (χ1v) is 7.37. The SMILES string of the molecule is CC(C)(C)c1ccc(CCCC(=O)NCCC(=O)O)cc1. The first-order chi connectivity index (χ1) is 9.79. The largest absolute Gasteiger partial charge is 0.481 e. The summed E-state index contributed by atoms with van der Waals surface area (Å²) >= 11 is 0. The molecule has 0 fully saturated rings. The predicted molar refractivity (Wildman–Crippen MR) is 83.3 cm³/mol. The Kier molecular flexibility index (Phi) is 6.40. The summed E-state index contributed by atoms with van der Waals surface area (Å²) in [5.74, 6) is -0.975. The van der Waals surface area contributed by atoms with Gasteiger partial charge in [-0.2, -0.15) is 0 Å². The van der Waals surface area contributed by atoms with Gasteiger partial charge in [0.25, 0.3) is 0 Å². The fourth-order valence-electron chi connectivity index (χ4n) is 2.02. The molecule has 0 radical (unpaired) electrons. The molecule has 116 valence electrons. The molecule has 0 unspecified atom stereocenters. The molecule has 0 atom stereocenters. The molecule has 0 aliphatic rings. The Morgan fingerprint density at radius 2 is 1.71 bits per heavy atom. The highest BCUT2D eigenvalue weighted by Gasteiger charge is 2.12. The number of carbonyl (C=O) groups excluding carboxylic acids is 1. The Bertz CT molecular complexity index is 472. The van der Waals surface area contributed by atoms with Crippen LogP contribution in [0.4, 0.5) is 0 Å². The molecule has 0 aromatic heterocycles. The van der Waals surface area contributed by atoms with E-state index >= 15 is 0 Å². The molecular formula is C17H25NO3. The van der Waals surface area contributed by atoms with E-state index in [1.54, 1.807) is 0 Å². The predicted octanol–water partition coefficient (Wildman–Crippen LogP) is 2.90. The number of aliphatic carboxylic acids is 1. The van der Waals surface area contributed by atoms with E-state index in [1.807, 2.05) is 0 Å². The van der Waals surface area contributed by atoms with Crippen LogP contribution in [0.3, 0.4) is 0 Å². The molecule has 4 heteroatoms. The topological polar surface area (TPSA) is 66.4 Å². The second-order valence-corrected chi connectivity index (χ2v) is 6.29. The molecule has 1 amide bonds. The summed E-state index contributed by atoms with van der Waals surface area (Å²) in [5, 5.41) is 11.1. The van der Waals surface area contributed by atoms with Crippen LogP contribution in [-0.2, 0) is 21.4 Å². The van der Waals surface area contributed by atoms with Gasteiger partial charge in [-0.1, -0.05) is 45.0 Å². The molecule has 1 aromatic carbocycles. The zero-order valence-corrected chi connectivity index (χ0v) is 13.1. The number of rotatable bonds is 7. The Morgan fingerprint density at radius 3 is 2.24 bits per heavy atom. The van der Waals surface area contributed by atoms with Crippen LogP contribution in [0.2, 0.25) is 0 Å². The minimum absolute atomic E-state index is 0.0278. The quantitative estimate of drug-likeness (QED) is 0.811. The van der Waals surface area contributed by atoms with Crippen molar-refractivity contribution < 1.29 is 14.7 Å². The van der Waals surface area contributed by atoms with E-state index in [9.17, 15) is 9.59 Å². The van der Waals surface area contributed by atoms with Gasteiger partial charge in [0.05, 0.1) is 6.42 Å². The second kappa shape index (κ2) is 7.81. The maximum Gasteiger partial charge on any atom is 0.305 e. The lowest BCUT2D eigenvalue weighted by atomic mass is 9.86. The third kappa shape index (κ3) is 6.93. The van der Waals surface area contributed by atoms with E-state index in [0.29, 0.717) is 6.42 Å². The third-order valence-electron chi connectivity index (χ3n) is 3.35. The number of aryl methyl sites for hydroxylation is 1. The van der Waals surface area contributed by atoms with E-state index in [1.165, 1.54) is 11.1 Å². The molecule has 0 spiro atoms. The first kappa shape index (κ1) is 17.2. The van der Waals surface area contributed by atoms with Crippen LogP contribution < -0.4 is 5.32 Å². The smallest absolute Gasteiger partial charge is 0.305 e. The van der Waals surface area contributed by atoms with Crippen molar-refractivity contribution >= 4 is 11.9 Å². The lowest BCUT2D eigenvalue weighted by molar-refractivity contribution is -0.136. The van der Waals surface area contributed by atoms with Crippen LogP contribution >= 0.6 is 0 Å². The molecule has 21 heavy (non-hydrogen) atoms. The Morgan fingerprint density at radius 1 is 1.10 bits per heavy atom. The molecule has 1 rings (SSSR count). The van der Waals surface area contributed by atoms with Crippen molar-refractivity contribution in [2.75, 3.05) is 6.54 Å². The summed E-state index contributed by atoms with van der Waals surface area (Å²) in [7, 11) is 0. The van der Waals surface area contributed by atoms with Crippen molar-refractivity contribution in [3.05, 3.63) is 35.4 Å². The molecule has 4 nitrogen and oxygen atoms in total. The van der Waals surface area contributed by atoms with Gasteiger partial charge in [-0.15, -0.1) is 0 Å². The average Bonchev–Trinajstić information content (AvgIpc) is 2.38. The van der Waals surface area contributed by atoms with Crippen molar-refractivity contribution in [3.63, 3.8) is 0 Å². The van der Waals surface area contributed by atoms with E-state index in [4.69, 9.17) is 5.11 Å². The fraction of sp³-hybridized carbons (Fsp3) is 0.529. The van der Waals surface area contributed by atoms with Gasteiger partial charge in [0.15, 0.2) is 0 Å². The summed E-state index contributed by atoms with van der Waals surface area (Å²) < 4.78 is 0. The van der Waals surface area contributed by atoms with E-state index in [2.05, 4.69) is 50.4 Å². The number of hydrogen-bond acceptors (Lipinski definition) is 2. The van der Waals surface area contributed by atoms with Crippen molar-refractivity contribution in [2.45, 2.75) is 51.9 Å². The Balaban J connectivity index is 2.29. The zero-order valence-electron chi connectivity index (χ0n) is 13.1. The van der Waals surface area contributed by atoms with Gasteiger partial charge < -0.3 is 10.4 Å². The normalized spacial score (nSPS) is 11.2. The number of carboxylic acids is 1. The van der Waals surface area contributed by atoms with E-state index < -0.39 is 5.97 Å². The lowest BCUT2D eigenvalue weighted by Gasteiger charge is -2.19. The maximum absolute atomic E-state index is 11.5. The third-order valence-corrected chi connectivity index (χ3v) is 3.35. The summed E-state index contributed by atoms with van der Waals surface area (Å²) in [6.07, 6.45) is 2.03. The van der Waals surface area contributed by atoms with Gasteiger partial charge >= 0.3 is 5.97 Å². The van der Waals surface area contributed by atoms with Crippen LogP contribution in [0.1, 0.15) is 51.2 Å². The summed E-state index contributed by atoms with van der Waals surface area (Å²) in [4.78, 5) is 21.8. The van der Waals surface area contributed by atoms with Gasteiger partial charge in [0, 0.05) is 13.0 Å². The monoisotopic (exact) mass is 291 g/mol. The van der Waals surface area contributed by atoms with Crippen molar-refractivity contribution in [1.82, 2.24) is 5.32 Å². The van der Waals surface area contributed by atoms with E-state index in [0.717, 1.165) is 12.8 Å². The average molecular weight is 291 g/mol. The number of hydrogen-bond donors (Lipinski definition) is 2. The van der Waals surface area contributed by atoms with Gasteiger partial charge in [0.2, 0.25) is 5.91 Å². The lowest BCUT2D eigenvalue weighted by Crippen LogP contribution is -2.25. The molecule has 0 aliphatic heterocycles. The van der Waals surface area contributed by atoms with Crippen molar-refractivity contribution in [3.8, 4) is 0 Å². The molecule has 0 aliphatic carbocycles. The standard InChI is InChI=1S/C17H25NO3/c1-17(2,3)14-9-7-13(8-10-14)5-4-6-15(19)18-12-11-16(20)21/h7-10H,4-6,11-12H2,1-3H3,(H,18,19)(H,20,21). The maximum atomic E-state index is 11.5.